The molecule has 14 heteroatoms. The average molecular weight is 570 g/mol. The van der Waals surface area contributed by atoms with E-state index in [1.807, 2.05) is 0 Å². The predicted octanol–water partition coefficient (Wildman–Crippen LogP) is 6.62. The van der Waals surface area contributed by atoms with Crippen LogP contribution < -0.4 is 10.2 Å². The summed E-state index contributed by atoms with van der Waals surface area (Å²) in [7, 11) is 0. The van der Waals surface area contributed by atoms with Crippen LogP contribution in [-0.4, -0.2) is 30.1 Å². The van der Waals surface area contributed by atoms with Gasteiger partial charge in [-0.3, -0.25) is 4.79 Å². The number of amides is 1. The van der Waals surface area contributed by atoms with Gasteiger partial charge in [0.15, 0.2) is 0 Å². The van der Waals surface area contributed by atoms with Gasteiger partial charge in [0.2, 0.25) is 0 Å². The first-order valence-corrected chi connectivity index (χ1v) is 9.74. The lowest BCUT2D eigenvalue weighted by Crippen LogP contribution is -2.58. The maximum Gasteiger partial charge on any atom is 0.460 e. The van der Waals surface area contributed by atoms with Crippen molar-refractivity contribution in [2.24, 2.45) is 5.10 Å². The number of carbonyl (C=O) groups is 1. The van der Waals surface area contributed by atoms with Crippen LogP contribution in [0.4, 0.5) is 30.7 Å². The van der Waals surface area contributed by atoms with Gasteiger partial charge in [-0.1, -0.05) is 45.2 Å². The van der Waals surface area contributed by atoms with Crippen LogP contribution in [0.1, 0.15) is 11.1 Å². The summed E-state index contributed by atoms with van der Waals surface area (Å²) in [5, 5.41) is 3.72. The van der Waals surface area contributed by atoms with E-state index in [4.69, 9.17) is 27.9 Å². The Bertz CT molecular complexity index is 1030. The SMILES string of the molecule is O=C(N/N=C\c1cc(Br)ccc1OCc1ccc(Cl)cc1Cl)C(F)(F)C(F)(F)C(F)(F)F. The Balaban J connectivity index is 2.17. The fourth-order valence-electron chi connectivity index (χ4n) is 2.10. The molecule has 1 N–H and O–H groups in total. The first kappa shape index (κ1) is 26.2. The molecular weight excluding hydrogens is 560 g/mol. The van der Waals surface area contributed by atoms with Gasteiger partial charge in [0, 0.05) is 25.6 Å². The van der Waals surface area contributed by atoms with Crippen LogP contribution in [-0.2, 0) is 11.4 Å². The predicted molar refractivity (Wildman–Crippen MR) is 107 cm³/mol. The summed E-state index contributed by atoms with van der Waals surface area (Å²) in [4.78, 5) is 11.3. The number of halogens is 10. The van der Waals surface area contributed by atoms with Gasteiger partial charge in [-0.15, -0.1) is 0 Å². The Morgan fingerprint density at radius 1 is 1.06 bits per heavy atom. The number of ether oxygens (including phenoxy) is 1. The number of hydrogen-bond donors (Lipinski definition) is 1. The lowest BCUT2D eigenvalue weighted by Gasteiger charge is -2.26. The van der Waals surface area contributed by atoms with E-state index in [1.165, 1.54) is 24.3 Å². The molecule has 0 aliphatic rings. The summed E-state index contributed by atoms with van der Waals surface area (Å²) in [5.41, 5.74) is 1.58. The van der Waals surface area contributed by atoms with E-state index < -0.39 is 23.9 Å². The Morgan fingerprint density at radius 3 is 2.31 bits per heavy atom. The van der Waals surface area contributed by atoms with E-state index >= 15 is 0 Å². The molecule has 0 unspecified atom stereocenters. The molecule has 0 saturated carbocycles. The highest BCUT2D eigenvalue weighted by molar-refractivity contribution is 9.10. The molecule has 0 aromatic heterocycles. The highest BCUT2D eigenvalue weighted by atomic mass is 79.9. The molecule has 32 heavy (non-hydrogen) atoms. The monoisotopic (exact) mass is 568 g/mol. The summed E-state index contributed by atoms with van der Waals surface area (Å²) in [6.07, 6.45) is -5.92. The minimum absolute atomic E-state index is 0.0654. The van der Waals surface area contributed by atoms with Crippen molar-refractivity contribution < 1.29 is 40.3 Å². The van der Waals surface area contributed by atoms with Crippen molar-refractivity contribution >= 4 is 51.3 Å². The molecular formula is C18H10BrCl2F7N2O2. The van der Waals surface area contributed by atoms with E-state index in [1.54, 1.807) is 12.1 Å². The number of nitrogens with one attached hydrogen (secondary N) is 1. The van der Waals surface area contributed by atoms with Gasteiger partial charge in [0.25, 0.3) is 0 Å². The van der Waals surface area contributed by atoms with E-state index in [-0.39, 0.29) is 17.9 Å². The summed E-state index contributed by atoms with van der Waals surface area (Å²) < 4.78 is 95.0. The minimum Gasteiger partial charge on any atom is -0.488 e. The second-order valence-corrected chi connectivity index (χ2v) is 7.81. The fourth-order valence-corrected chi connectivity index (χ4v) is 2.94. The highest BCUT2D eigenvalue weighted by Crippen LogP contribution is 2.46. The average Bonchev–Trinajstić information content (AvgIpc) is 2.67. The highest BCUT2D eigenvalue weighted by Gasteiger charge is 2.76. The summed E-state index contributed by atoms with van der Waals surface area (Å²) in [6.45, 7) is -0.0687. The first-order valence-electron chi connectivity index (χ1n) is 8.19. The number of carbonyl (C=O) groups excluding carboxylic acids is 1. The summed E-state index contributed by atoms with van der Waals surface area (Å²) >= 11 is 15.0. The van der Waals surface area contributed by atoms with Crippen LogP contribution in [0.15, 0.2) is 46.0 Å². The number of hydrogen-bond acceptors (Lipinski definition) is 3. The Morgan fingerprint density at radius 2 is 1.72 bits per heavy atom. The molecule has 0 saturated heterocycles. The van der Waals surface area contributed by atoms with Crippen LogP contribution >= 0.6 is 39.1 Å². The van der Waals surface area contributed by atoms with Crippen LogP contribution in [0.3, 0.4) is 0 Å². The van der Waals surface area contributed by atoms with E-state index in [2.05, 4.69) is 21.0 Å². The number of nitrogens with zero attached hydrogens (tertiary/aromatic N) is 1. The van der Waals surface area contributed by atoms with Gasteiger partial charge in [-0.2, -0.15) is 35.8 Å². The first-order chi connectivity index (χ1) is 14.7. The summed E-state index contributed by atoms with van der Waals surface area (Å²) in [6, 6.07) is 8.92. The molecule has 0 aliphatic heterocycles. The zero-order chi connectivity index (χ0) is 24.3. The van der Waals surface area contributed by atoms with Gasteiger partial charge < -0.3 is 4.74 Å². The minimum atomic E-state index is -6.65. The molecule has 0 bridgehead atoms. The second-order valence-electron chi connectivity index (χ2n) is 6.05. The van der Waals surface area contributed by atoms with Gasteiger partial charge in [0.05, 0.1) is 6.21 Å². The lowest BCUT2D eigenvalue weighted by atomic mass is 10.1. The van der Waals surface area contributed by atoms with Crippen molar-refractivity contribution in [1.29, 1.82) is 0 Å². The van der Waals surface area contributed by atoms with Crippen molar-refractivity contribution in [2.75, 3.05) is 0 Å². The van der Waals surface area contributed by atoms with Crippen LogP contribution in [0.25, 0.3) is 0 Å². The quantitative estimate of drug-likeness (QED) is 0.231. The van der Waals surface area contributed by atoms with Crippen molar-refractivity contribution in [3.05, 3.63) is 62.0 Å². The Hall–Kier alpha value is -2.05. The molecule has 2 rings (SSSR count). The molecule has 2 aromatic carbocycles. The summed E-state index contributed by atoms with van der Waals surface area (Å²) in [5.74, 6) is -15.5. The van der Waals surface area contributed by atoms with Gasteiger partial charge in [-0.25, -0.2) is 5.43 Å². The topological polar surface area (TPSA) is 50.7 Å². The molecule has 0 radical (unpaired) electrons. The Kier molecular flexibility index (Phi) is 8.05. The lowest BCUT2D eigenvalue weighted by molar-refractivity contribution is -0.344. The smallest absolute Gasteiger partial charge is 0.460 e. The fraction of sp³-hybridized carbons (Fsp3) is 0.222. The molecule has 0 fully saturated rings. The van der Waals surface area contributed by atoms with E-state index in [0.29, 0.717) is 20.1 Å². The second kappa shape index (κ2) is 9.84. The van der Waals surface area contributed by atoms with E-state index in [9.17, 15) is 35.5 Å². The van der Waals surface area contributed by atoms with Crippen LogP contribution in [0, 0.1) is 0 Å². The standard InChI is InChI=1S/C18H10BrCl2F7N2O2/c19-11-2-4-14(32-8-9-1-3-12(20)6-13(9)21)10(5-11)7-29-30-15(31)16(22,23)17(24,25)18(26,27)28/h1-7H,8H2,(H,30,31)/b29-7-. The largest absolute Gasteiger partial charge is 0.488 e. The number of hydrazone groups is 1. The Labute approximate surface area is 194 Å². The maximum absolute atomic E-state index is 13.3. The van der Waals surface area contributed by atoms with Crippen molar-refractivity contribution in [2.45, 2.75) is 24.6 Å². The van der Waals surface area contributed by atoms with Crippen molar-refractivity contribution in [1.82, 2.24) is 5.43 Å². The number of alkyl halides is 7. The molecule has 0 aliphatic carbocycles. The van der Waals surface area contributed by atoms with Crippen LogP contribution in [0.2, 0.25) is 10.0 Å². The normalized spacial score (nSPS) is 12.8. The van der Waals surface area contributed by atoms with Crippen molar-refractivity contribution in [3.8, 4) is 5.75 Å². The molecule has 2 aromatic rings. The maximum atomic E-state index is 13.3. The molecule has 0 atom stereocenters. The van der Waals surface area contributed by atoms with Gasteiger partial charge in [0.1, 0.15) is 12.4 Å². The van der Waals surface area contributed by atoms with Gasteiger partial charge >= 0.3 is 23.9 Å². The molecule has 1 amide bonds. The molecule has 4 nitrogen and oxygen atoms in total. The van der Waals surface area contributed by atoms with Crippen LogP contribution in [0.5, 0.6) is 5.75 Å². The molecule has 0 heterocycles. The third-order valence-corrected chi connectivity index (χ3v) is 4.86. The number of rotatable bonds is 7. The third kappa shape index (κ3) is 5.84. The third-order valence-electron chi connectivity index (χ3n) is 3.78. The number of benzene rings is 2. The zero-order valence-electron chi connectivity index (χ0n) is 15.3. The van der Waals surface area contributed by atoms with Gasteiger partial charge in [-0.05, 0) is 30.3 Å². The zero-order valence-corrected chi connectivity index (χ0v) is 18.4. The molecule has 174 valence electrons. The van der Waals surface area contributed by atoms with E-state index in [0.717, 1.165) is 11.6 Å². The van der Waals surface area contributed by atoms with Crippen molar-refractivity contribution in [3.63, 3.8) is 0 Å². The molecule has 0 spiro atoms.